The Morgan fingerprint density at radius 3 is 2.50 bits per heavy atom. The van der Waals surface area contributed by atoms with E-state index in [0.717, 1.165) is 11.8 Å². The highest BCUT2D eigenvalue weighted by atomic mass is 14.3. The van der Waals surface area contributed by atoms with Crippen molar-refractivity contribution in [1.82, 2.24) is 0 Å². The Balaban J connectivity index is 2.36. The average molecular weight is 168 g/mol. The van der Waals surface area contributed by atoms with Crippen LogP contribution in [-0.2, 0) is 0 Å². The summed E-state index contributed by atoms with van der Waals surface area (Å²) in [6.07, 6.45) is 7.31. The van der Waals surface area contributed by atoms with Crippen LogP contribution in [-0.4, -0.2) is 0 Å². The van der Waals surface area contributed by atoms with Gasteiger partial charge < -0.3 is 0 Å². The van der Waals surface area contributed by atoms with E-state index >= 15 is 0 Å². The quantitative estimate of drug-likeness (QED) is 0.578. The van der Waals surface area contributed by atoms with Crippen molar-refractivity contribution in [3.63, 3.8) is 0 Å². The first-order valence-electron chi connectivity index (χ1n) is 5.49. The average Bonchev–Trinajstić information content (AvgIpc) is 1.82. The molecule has 0 heteroatoms. The Morgan fingerprint density at radius 1 is 1.33 bits per heavy atom. The molecule has 1 fully saturated rings. The molecule has 72 valence electrons. The molecule has 0 nitrogen and oxygen atoms in total. The van der Waals surface area contributed by atoms with Crippen molar-refractivity contribution in [2.75, 3.05) is 0 Å². The van der Waals surface area contributed by atoms with E-state index in [-0.39, 0.29) is 0 Å². The number of hydrogen-bond acceptors (Lipinski definition) is 0. The first-order chi connectivity index (χ1) is 5.49. The summed E-state index contributed by atoms with van der Waals surface area (Å²) in [5.41, 5.74) is 0.637. The molecule has 0 amide bonds. The van der Waals surface area contributed by atoms with E-state index in [9.17, 15) is 0 Å². The summed E-state index contributed by atoms with van der Waals surface area (Å²) in [5, 5.41) is 0. The fraction of sp³-hybridized carbons (Fsp3) is 1.00. The Morgan fingerprint density at radius 2 is 2.00 bits per heavy atom. The Bertz CT molecular complexity index is 133. The molecule has 0 aliphatic heterocycles. The van der Waals surface area contributed by atoms with Gasteiger partial charge in [-0.15, -0.1) is 0 Å². The Hall–Kier alpha value is 0. The second-order valence-electron chi connectivity index (χ2n) is 5.76. The lowest BCUT2D eigenvalue weighted by molar-refractivity contribution is 0.163. The van der Waals surface area contributed by atoms with Gasteiger partial charge in [0.2, 0.25) is 0 Å². The molecule has 1 unspecified atom stereocenters. The van der Waals surface area contributed by atoms with Crippen molar-refractivity contribution in [3.8, 4) is 0 Å². The summed E-state index contributed by atoms with van der Waals surface area (Å²) >= 11 is 0. The van der Waals surface area contributed by atoms with Gasteiger partial charge in [0.1, 0.15) is 0 Å². The highest BCUT2D eigenvalue weighted by molar-refractivity contribution is 4.79. The van der Waals surface area contributed by atoms with Crippen molar-refractivity contribution in [2.45, 2.75) is 59.8 Å². The fourth-order valence-electron chi connectivity index (χ4n) is 2.72. The summed E-state index contributed by atoms with van der Waals surface area (Å²) < 4.78 is 0. The SMILES string of the molecule is CC(C)CC1CCCC(C)(C)C1. The van der Waals surface area contributed by atoms with E-state index in [1.54, 1.807) is 0 Å². The van der Waals surface area contributed by atoms with Gasteiger partial charge in [0.05, 0.1) is 0 Å². The lowest BCUT2D eigenvalue weighted by Crippen LogP contribution is -2.23. The van der Waals surface area contributed by atoms with Crippen LogP contribution >= 0.6 is 0 Å². The lowest BCUT2D eigenvalue weighted by atomic mass is 9.70. The van der Waals surface area contributed by atoms with E-state index in [0.29, 0.717) is 5.41 Å². The van der Waals surface area contributed by atoms with Crippen LogP contribution in [0.4, 0.5) is 0 Å². The van der Waals surface area contributed by atoms with Crippen LogP contribution in [0.1, 0.15) is 59.8 Å². The molecular weight excluding hydrogens is 144 g/mol. The summed E-state index contributed by atoms with van der Waals surface area (Å²) in [6.45, 7) is 9.56. The van der Waals surface area contributed by atoms with Gasteiger partial charge >= 0.3 is 0 Å². The molecular formula is C12H24. The minimum atomic E-state index is 0.637. The molecule has 12 heavy (non-hydrogen) atoms. The smallest absolute Gasteiger partial charge is 0.0352 e. The standard InChI is InChI=1S/C12H24/c1-10(2)8-11-6-5-7-12(3,4)9-11/h10-11H,5-9H2,1-4H3. The van der Waals surface area contributed by atoms with Gasteiger partial charge in [0.25, 0.3) is 0 Å². The minimum Gasteiger partial charge on any atom is -0.0628 e. The zero-order chi connectivity index (χ0) is 9.19. The molecule has 0 N–H and O–H groups in total. The van der Waals surface area contributed by atoms with Crippen LogP contribution in [0.2, 0.25) is 0 Å². The second-order valence-corrected chi connectivity index (χ2v) is 5.76. The van der Waals surface area contributed by atoms with E-state index < -0.39 is 0 Å². The molecule has 0 bridgehead atoms. The third-order valence-electron chi connectivity index (χ3n) is 3.11. The van der Waals surface area contributed by atoms with Gasteiger partial charge in [0.15, 0.2) is 0 Å². The van der Waals surface area contributed by atoms with Crippen molar-refractivity contribution < 1.29 is 0 Å². The van der Waals surface area contributed by atoms with Crippen LogP contribution in [0.3, 0.4) is 0 Å². The van der Waals surface area contributed by atoms with Crippen molar-refractivity contribution in [2.24, 2.45) is 17.3 Å². The van der Waals surface area contributed by atoms with Crippen LogP contribution < -0.4 is 0 Å². The van der Waals surface area contributed by atoms with Crippen LogP contribution in [0, 0.1) is 17.3 Å². The van der Waals surface area contributed by atoms with Crippen molar-refractivity contribution >= 4 is 0 Å². The maximum absolute atomic E-state index is 2.43. The fourth-order valence-corrected chi connectivity index (χ4v) is 2.72. The second kappa shape index (κ2) is 3.81. The van der Waals surface area contributed by atoms with E-state index in [1.807, 2.05) is 0 Å². The van der Waals surface area contributed by atoms with E-state index in [1.165, 1.54) is 32.1 Å². The third kappa shape index (κ3) is 3.16. The molecule has 0 spiro atoms. The summed E-state index contributed by atoms with van der Waals surface area (Å²) in [5.74, 6) is 1.91. The van der Waals surface area contributed by atoms with Crippen LogP contribution in [0.25, 0.3) is 0 Å². The molecule has 0 aromatic heterocycles. The third-order valence-corrected chi connectivity index (χ3v) is 3.11. The molecule has 1 saturated carbocycles. The van der Waals surface area contributed by atoms with Gasteiger partial charge in [-0.25, -0.2) is 0 Å². The zero-order valence-corrected chi connectivity index (χ0v) is 9.19. The Labute approximate surface area is 77.7 Å². The lowest BCUT2D eigenvalue weighted by Gasteiger charge is -2.36. The maximum atomic E-state index is 2.43. The van der Waals surface area contributed by atoms with Gasteiger partial charge in [-0.05, 0) is 36.5 Å². The molecule has 1 aliphatic rings. The van der Waals surface area contributed by atoms with Gasteiger partial charge in [-0.1, -0.05) is 40.5 Å². The summed E-state index contributed by atoms with van der Waals surface area (Å²) in [4.78, 5) is 0. The minimum absolute atomic E-state index is 0.637. The molecule has 0 saturated heterocycles. The maximum Gasteiger partial charge on any atom is -0.0352 e. The molecule has 1 atom stereocenters. The monoisotopic (exact) mass is 168 g/mol. The van der Waals surface area contributed by atoms with E-state index in [2.05, 4.69) is 27.7 Å². The zero-order valence-electron chi connectivity index (χ0n) is 9.19. The van der Waals surface area contributed by atoms with Gasteiger partial charge in [-0.3, -0.25) is 0 Å². The van der Waals surface area contributed by atoms with Crippen LogP contribution in [0.5, 0.6) is 0 Å². The van der Waals surface area contributed by atoms with Crippen molar-refractivity contribution in [1.29, 1.82) is 0 Å². The molecule has 0 aromatic rings. The van der Waals surface area contributed by atoms with Gasteiger partial charge in [-0.2, -0.15) is 0 Å². The first-order valence-corrected chi connectivity index (χ1v) is 5.49. The highest BCUT2D eigenvalue weighted by Crippen LogP contribution is 2.40. The first kappa shape index (κ1) is 10.1. The largest absolute Gasteiger partial charge is 0.0628 e. The predicted octanol–water partition coefficient (Wildman–Crippen LogP) is 4.25. The van der Waals surface area contributed by atoms with E-state index in [4.69, 9.17) is 0 Å². The highest BCUT2D eigenvalue weighted by Gasteiger charge is 2.27. The topological polar surface area (TPSA) is 0 Å². The van der Waals surface area contributed by atoms with Crippen LogP contribution in [0.15, 0.2) is 0 Å². The Kier molecular flexibility index (Phi) is 3.20. The molecule has 1 rings (SSSR count). The summed E-state index contributed by atoms with van der Waals surface area (Å²) in [7, 11) is 0. The molecule has 0 aromatic carbocycles. The van der Waals surface area contributed by atoms with Crippen molar-refractivity contribution in [3.05, 3.63) is 0 Å². The normalized spacial score (nSPS) is 29.2. The molecule has 1 aliphatic carbocycles. The molecule has 0 heterocycles. The predicted molar refractivity (Wildman–Crippen MR) is 55.2 cm³/mol. The number of hydrogen-bond donors (Lipinski definition) is 0. The molecule has 0 radical (unpaired) electrons. The summed E-state index contributed by atoms with van der Waals surface area (Å²) in [6, 6.07) is 0. The number of rotatable bonds is 2. The van der Waals surface area contributed by atoms with Gasteiger partial charge in [0, 0.05) is 0 Å².